The van der Waals surface area contributed by atoms with Crippen LogP contribution in [-0.2, 0) is 26.2 Å². The van der Waals surface area contributed by atoms with Gasteiger partial charge in [-0.3, -0.25) is 23.9 Å². The number of allylic oxidation sites excluding steroid dienone is 2. The number of carbonyl (C=O) groups excluding carboxylic acids is 5. The molecule has 3 fully saturated rings. The fraction of sp³-hybridized carbons (Fsp3) is 0.333. The number of benzene rings is 2. The predicted molar refractivity (Wildman–Crippen MR) is 184 cm³/mol. The smallest absolute Gasteiger partial charge is 0.328 e. The van der Waals surface area contributed by atoms with Crippen LogP contribution < -0.4 is 15.4 Å². The maximum Gasteiger partial charge on any atom is 0.328 e. The minimum Gasteiger partial charge on any atom is -0.504 e. The maximum absolute atomic E-state index is 14.9. The van der Waals surface area contributed by atoms with E-state index in [1.54, 1.807) is 38.2 Å². The molecule has 2 aromatic carbocycles. The minimum atomic E-state index is -1.42. The van der Waals surface area contributed by atoms with Crippen molar-refractivity contribution in [1.82, 2.24) is 14.7 Å². The van der Waals surface area contributed by atoms with Crippen molar-refractivity contribution in [3.05, 3.63) is 70.3 Å². The first-order valence-corrected chi connectivity index (χ1v) is 17.3. The number of aromatic hydroxyl groups is 1. The molecule has 2 aliphatic carbocycles. The Morgan fingerprint density at radius 1 is 1.10 bits per heavy atom. The molecule has 2 saturated heterocycles. The van der Waals surface area contributed by atoms with Crippen molar-refractivity contribution < 1.29 is 33.8 Å². The number of carbonyl (C=O) groups is 5. The number of methoxy groups -OCH3 is 1. The summed E-state index contributed by atoms with van der Waals surface area (Å²) in [7, 11) is 3.08. The molecule has 0 bridgehead atoms. The first-order chi connectivity index (χ1) is 23.8. The standard InChI is InChI=1S/C36H32ClN5O7S/c1-15-20-12-16(37)8-11-25(20)50-30(15)23-14-26(40(3)39-23)41-32(45)22-13-21-17(9-10-18-27(21)33(46)42(31(18)44)35(38)48)28(36(22,2)34(41)47)19-6-5-7-24(49-4)29(19)43/h5-9,11-12,14,18,21-22,27-28,43H,10,13H2,1-4H3,(H2,38,48)/t18-,21+,22-,27-,28+,36+/m0/s1. The van der Waals surface area contributed by atoms with Crippen molar-refractivity contribution in [1.29, 1.82) is 0 Å². The van der Waals surface area contributed by atoms with Crippen LogP contribution in [0.5, 0.6) is 11.5 Å². The maximum atomic E-state index is 14.9. The first-order valence-electron chi connectivity index (χ1n) is 16.1. The fourth-order valence-electron chi connectivity index (χ4n) is 8.95. The van der Waals surface area contributed by atoms with Crippen LogP contribution in [0.1, 0.15) is 36.8 Å². The summed E-state index contributed by atoms with van der Waals surface area (Å²) in [6, 6.07) is 11.2. The number of hydrogen-bond acceptors (Lipinski definition) is 9. The molecule has 2 aromatic heterocycles. The zero-order valence-electron chi connectivity index (χ0n) is 27.5. The normalized spacial score (nSPS) is 27.5. The monoisotopic (exact) mass is 713 g/mol. The Balaban J connectivity index is 1.27. The SMILES string of the molecule is COc1cccc([C@H]2C3=CC[C@@H]4C(=O)N(C(N)=O)C(=O)[C@@H]4[C@@H]3C[C@H]3C(=O)N(c4cc(-c5sc6ccc(Cl)cc6c5C)nn4C)C(=O)[C@@]23C)c1O. The van der Waals surface area contributed by atoms with Crippen LogP contribution >= 0.6 is 22.9 Å². The van der Waals surface area contributed by atoms with Crippen LogP contribution in [0, 0.1) is 36.0 Å². The van der Waals surface area contributed by atoms with Crippen molar-refractivity contribution in [2.75, 3.05) is 12.0 Å². The van der Waals surface area contributed by atoms with Crippen LogP contribution in [-0.4, -0.2) is 56.6 Å². The van der Waals surface area contributed by atoms with E-state index >= 15 is 0 Å². The molecule has 3 N–H and O–H groups in total. The number of halogens is 1. The van der Waals surface area contributed by atoms with E-state index in [1.165, 1.54) is 23.1 Å². The van der Waals surface area contributed by atoms with Crippen molar-refractivity contribution in [3.8, 4) is 22.1 Å². The topological polar surface area (TPSA) is 165 Å². The van der Waals surface area contributed by atoms with Gasteiger partial charge in [-0.25, -0.2) is 9.69 Å². The third-order valence-electron chi connectivity index (χ3n) is 11.3. The molecule has 256 valence electrons. The number of ether oxygens (including phenoxy) is 1. The average molecular weight is 714 g/mol. The number of fused-ring (bicyclic) bond motifs is 5. The summed E-state index contributed by atoms with van der Waals surface area (Å²) in [5, 5.41) is 17.8. The van der Waals surface area contributed by atoms with E-state index in [1.807, 2.05) is 31.2 Å². The summed E-state index contributed by atoms with van der Waals surface area (Å²) in [4.78, 5) is 71.3. The highest BCUT2D eigenvalue weighted by atomic mass is 35.5. The summed E-state index contributed by atoms with van der Waals surface area (Å²) < 4.78 is 7.95. The second-order valence-electron chi connectivity index (χ2n) is 13.6. The molecule has 1 saturated carbocycles. The molecule has 4 aromatic rings. The lowest BCUT2D eigenvalue weighted by atomic mass is 9.51. The van der Waals surface area contributed by atoms with Crippen molar-refractivity contribution >= 4 is 68.5 Å². The fourth-order valence-corrected chi connectivity index (χ4v) is 10.3. The van der Waals surface area contributed by atoms with Gasteiger partial charge in [0.15, 0.2) is 11.5 Å². The highest BCUT2D eigenvalue weighted by molar-refractivity contribution is 7.22. The second-order valence-corrected chi connectivity index (χ2v) is 15.1. The van der Waals surface area contributed by atoms with Gasteiger partial charge in [-0.2, -0.15) is 10.00 Å². The first kappa shape index (κ1) is 32.2. The third kappa shape index (κ3) is 4.16. The van der Waals surface area contributed by atoms with Gasteiger partial charge in [0.2, 0.25) is 23.6 Å². The number of thiophene rings is 1. The molecule has 2 aliphatic heterocycles. The van der Waals surface area contributed by atoms with Gasteiger partial charge in [-0.1, -0.05) is 35.4 Å². The molecule has 4 heterocycles. The summed E-state index contributed by atoms with van der Waals surface area (Å²) in [5.41, 5.74) is 6.59. The van der Waals surface area contributed by atoms with Crippen molar-refractivity contribution in [3.63, 3.8) is 0 Å². The number of phenols is 1. The molecule has 0 radical (unpaired) electrons. The predicted octanol–water partition coefficient (Wildman–Crippen LogP) is 5.29. The lowest BCUT2D eigenvalue weighted by Gasteiger charge is -2.49. The van der Waals surface area contributed by atoms with Crippen molar-refractivity contribution in [2.24, 2.45) is 41.9 Å². The van der Waals surface area contributed by atoms with Gasteiger partial charge in [-0.05, 0) is 67.8 Å². The summed E-state index contributed by atoms with van der Waals surface area (Å²) in [5.74, 6) is -6.42. The molecule has 6 atom stereocenters. The van der Waals surface area contributed by atoms with E-state index in [4.69, 9.17) is 27.2 Å². The summed E-state index contributed by atoms with van der Waals surface area (Å²) in [6.07, 6.45) is 2.02. The number of likely N-dealkylation sites (tertiary alicyclic amines) is 1. The Labute approximate surface area is 295 Å². The number of para-hydroxylation sites is 1. The third-order valence-corrected chi connectivity index (χ3v) is 12.8. The Bertz CT molecular complexity index is 2260. The van der Waals surface area contributed by atoms with E-state index in [0.29, 0.717) is 26.8 Å². The number of nitrogens with zero attached hydrogens (tertiary/aromatic N) is 4. The van der Waals surface area contributed by atoms with Gasteiger partial charge >= 0.3 is 6.03 Å². The Kier molecular flexibility index (Phi) is 7.08. The van der Waals surface area contributed by atoms with Crippen LogP contribution in [0.15, 0.2) is 54.1 Å². The molecule has 50 heavy (non-hydrogen) atoms. The van der Waals surface area contributed by atoms with Gasteiger partial charge in [-0.15, -0.1) is 11.3 Å². The molecule has 0 unspecified atom stereocenters. The average Bonchev–Trinajstić information content (AvgIpc) is 3.75. The summed E-state index contributed by atoms with van der Waals surface area (Å²) >= 11 is 7.81. The van der Waals surface area contributed by atoms with Crippen LogP contribution in [0.4, 0.5) is 10.6 Å². The van der Waals surface area contributed by atoms with E-state index in [0.717, 1.165) is 25.4 Å². The zero-order valence-corrected chi connectivity index (χ0v) is 29.0. The highest BCUT2D eigenvalue weighted by Gasteiger charge is 2.68. The van der Waals surface area contributed by atoms with E-state index < -0.39 is 64.7 Å². The van der Waals surface area contributed by atoms with E-state index in [9.17, 15) is 29.1 Å². The Morgan fingerprint density at radius 2 is 1.86 bits per heavy atom. The number of aryl methyl sites for hydroxylation is 2. The zero-order chi connectivity index (χ0) is 35.5. The van der Waals surface area contributed by atoms with Crippen LogP contribution in [0.25, 0.3) is 20.7 Å². The van der Waals surface area contributed by atoms with E-state index in [-0.39, 0.29) is 30.2 Å². The van der Waals surface area contributed by atoms with Gasteiger partial charge in [0.25, 0.3) is 0 Å². The Morgan fingerprint density at radius 3 is 2.58 bits per heavy atom. The van der Waals surface area contributed by atoms with E-state index in [2.05, 4.69) is 0 Å². The number of phenolic OH excluding ortho intramolecular Hbond substituents is 1. The number of aromatic nitrogens is 2. The number of rotatable bonds is 4. The van der Waals surface area contributed by atoms with Gasteiger partial charge < -0.3 is 15.6 Å². The molecular weight excluding hydrogens is 682 g/mol. The lowest BCUT2D eigenvalue weighted by molar-refractivity contribution is -0.136. The molecule has 4 aliphatic rings. The number of nitrogens with two attached hydrogens (primary N) is 1. The van der Waals surface area contributed by atoms with Gasteiger partial charge in [0.1, 0.15) is 11.5 Å². The number of urea groups is 1. The number of amides is 6. The molecule has 6 amide bonds. The largest absolute Gasteiger partial charge is 0.504 e. The number of hydrogen-bond donors (Lipinski definition) is 2. The van der Waals surface area contributed by atoms with Gasteiger partial charge in [0, 0.05) is 34.3 Å². The molecule has 8 rings (SSSR count). The minimum absolute atomic E-state index is 0.0678. The molecule has 12 nitrogen and oxygen atoms in total. The molecule has 0 spiro atoms. The highest BCUT2D eigenvalue weighted by Crippen LogP contribution is 2.65. The number of primary amides is 1. The lowest BCUT2D eigenvalue weighted by Crippen LogP contribution is -2.49. The Hall–Kier alpha value is -5.01. The number of anilines is 1. The van der Waals surface area contributed by atoms with Gasteiger partial charge in [0.05, 0.1) is 35.2 Å². The van der Waals surface area contributed by atoms with Crippen LogP contribution in [0.2, 0.25) is 5.02 Å². The molecule has 14 heteroatoms. The van der Waals surface area contributed by atoms with Crippen molar-refractivity contribution in [2.45, 2.75) is 32.6 Å². The second kappa shape index (κ2) is 11.0. The quantitative estimate of drug-likeness (QED) is 0.213. The van der Waals surface area contributed by atoms with Crippen LogP contribution in [0.3, 0.4) is 0 Å². The number of imide groups is 4. The summed E-state index contributed by atoms with van der Waals surface area (Å²) in [6.45, 7) is 3.70. The molecular formula is C36H32ClN5O7S.